The van der Waals surface area contributed by atoms with Crippen molar-refractivity contribution in [2.45, 2.75) is 184 Å². The van der Waals surface area contributed by atoms with E-state index in [1.54, 1.807) is 58.0 Å². The molecule has 91 heavy (non-hydrogen) atoms. The van der Waals surface area contributed by atoms with Crippen molar-refractivity contribution in [3.05, 3.63) is 65.7 Å². The van der Waals surface area contributed by atoms with Crippen LogP contribution >= 0.6 is 0 Å². The Kier molecular flexibility index (Phi) is 33.0. The van der Waals surface area contributed by atoms with Crippen LogP contribution in [0.3, 0.4) is 0 Å². The lowest BCUT2D eigenvalue weighted by Gasteiger charge is -2.33. The molecule has 0 radical (unpaired) electrons. The topological polar surface area (TPSA) is 534 Å². The second kappa shape index (κ2) is 38.7. The van der Waals surface area contributed by atoms with Crippen LogP contribution in [0.5, 0.6) is 5.75 Å². The number of hydrogen-bond donors (Lipinski definition) is 15. The number of hydrogen-bond acceptors (Lipinski definition) is 17. The molecule has 502 valence electrons. The summed E-state index contributed by atoms with van der Waals surface area (Å²) >= 11 is 0. The van der Waals surface area contributed by atoms with E-state index in [4.69, 9.17) is 5.73 Å². The fourth-order valence-electron chi connectivity index (χ4n) is 9.56. The lowest BCUT2D eigenvalue weighted by Crippen LogP contribution is -2.61. The van der Waals surface area contributed by atoms with Gasteiger partial charge in [-0.1, -0.05) is 76.6 Å². The SMILES string of the molecule is CC[C@H](C)[C@H](NC(=O)[C@H](CCC(=O)O)NC(=O)[C@H](CCC(=O)O)NC(=O)[C@H](Cc1ccccc1)NC(=O)[C@@H](N)CC(=O)O)C(=O)N1CCC[C@H]1C(=O)N[C@@H](CCC(=O)O)C(=O)N[C@@H](CCC(=O)O)C(=O)N[C@@H](Cc1ccc(O)cc1)C(=O)N[C@H](C=O)CC(C)C.O. The second-order valence-electron chi connectivity index (χ2n) is 22.3. The summed E-state index contributed by atoms with van der Waals surface area (Å²) in [5, 5.41) is 77.0. The van der Waals surface area contributed by atoms with Gasteiger partial charge in [-0.2, -0.15) is 0 Å². The van der Waals surface area contributed by atoms with E-state index < -0.39 is 207 Å². The number of carbonyl (C=O) groups excluding carboxylic acids is 10. The Labute approximate surface area is 523 Å². The molecule has 1 aliphatic rings. The number of phenolic OH excluding ortho intramolecular Hbond substituents is 1. The highest BCUT2D eigenvalue weighted by Crippen LogP contribution is 2.23. The van der Waals surface area contributed by atoms with E-state index in [1.165, 1.54) is 24.3 Å². The summed E-state index contributed by atoms with van der Waals surface area (Å²) in [6, 6.07) is -2.00. The van der Waals surface area contributed by atoms with Crippen molar-refractivity contribution in [3.63, 3.8) is 0 Å². The maximum absolute atomic E-state index is 14.7. The quantitative estimate of drug-likeness (QED) is 0.0314. The van der Waals surface area contributed by atoms with Crippen molar-refractivity contribution in [1.82, 2.24) is 47.4 Å². The molecule has 2 aromatic rings. The van der Waals surface area contributed by atoms with E-state index in [-0.39, 0.29) is 62.2 Å². The molecule has 1 aliphatic heterocycles. The number of nitrogens with one attached hydrogen (secondary N) is 8. The molecule has 0 saturated carbocycles. The van der Waals surface area contributed by atoms with Gasteiger partial charge in [0.15, 0.2) is 0 Å². The highest BCUT2D eigenvalue weighted by molar-refractivity contribution is 5.99. The molecule has 18 N–H and O–H groups in total. The standard InChI is InChI=1S/C59H82N10O21.H2O/c1-5-32(4)50(68-55(86)41(20-24-48(78)79)63-52(83)38(17-21-45(72)73)64-57(88)43(27-33-10-7-6-8-11-33)66-51(82)37(60)29-49(80)81)59(90)69-25-9-12-44(69)58(89)65-40(19-23-47(76)77)53(84)62-39(18-22-46(74)75)54(85)67-42(28-34-13-15-36(71)16-14-34)56(87)61-35(30-70)26-31(2)3;/h6-8,10-11,13-16,30-32,35,37-44,50,71H,5,9,12,17-29,60H2,1-4H3,(H,61,87)(H,62,84)(H,63,83)(H,64,88)(H,65,89)(H,66,82)(H,67,85)(H,68,86)(H,72,73)(H,74,75)(H,76,77)(H,78,79)(H,80,81);1H2/t32-,35-,37-,38-,39-,40-,41-,42-,43-,44-,50-;/m0./s1. The minimum Gasteiger partial charge on any atom is -0.508 e. The molecule has 1 heterocycles. The number of carbonyl (C=O) groups is 15. The maximum Gasteiger partial charge on any atom is 0.305 e. The van der Waals surface area contributed by atoms with Gasteiger partial charge in [-0.25, -0.2) is 0 Å². The zero-order valence-electron chi connectivity index (χ0n) is 50.8. The van der Waals surface area contributed by atoms with Gasteiger partial charge < -0.3 is 94.1 Å². The molecule has 0 aliphatic carbocycles. The predicted molar refractivity (Wildman–Crippen MR) is 318 cm³/mol. The van der Waals surface area contributed by atoms with E-state index in [1.807, 2.05) is 0 Å². The van der Waals surface area contributed by atoms with Crippen LogP contribution in [0, 0.1) is 11.8 Å². The number of benzene rings is 2. The number of aliphatic carboxylic acids is 5. The monoisotopic (exact) mass is 1280 g/mol. The lowest BCUT2D eigenvalue weighted by atomic mass is 9.96. The number of carboxylic acids is 5. The predicted octanol–water partition coefficient (Wildman–Crippen LogP) is -2.23. The first-order valence-electron chi connectivity index (χ1n) is 29.3. The molecule has 0 spiro atoms. The molecule has 0 aromatic heterocycles. The molecule has 9 amide bonds. The van der Waals surface area contributed by atoms with Crippen molar-refractivity contribution in [3.8, 4) is 5.75 Å². The minimum atomic E-state index is -1.80. The number of aldehydes is 1. The smallest absolute Gasteiger partial charge is 0.305 e. The number of nitrogens with zero attached hydrogens (tertiary/aromatic N) is 1. The van der Waals surface area contributed by atoms with Crippen LogP contribution in [0.15, 0.2) is 54.6 Å². The van der Waals surface area contributed by atoms with Crippen LogP contribution in [0.1, 0.15) is 122 Å². The van der Waals surface area contributed by atoms with E-state index in [0.29, 0.717) is 17.4 Å². The number of nitrogens with two attached hydrogens (primary N) is 1. The Morgan fingerprint density at radius 1 is 0.538 bits per heavy atom. The fourth-order valence-corrected chi connectivity index (χ4v) is 9.56. The average Bonchev–Trinajstić information content (AvgIpc) is 1.84. The van der Waals surface area contributed by atoms with Gasteiger partial charge in [0.25, 0.3) is 0 Å². The first-order valence-corrected chi connectivity index (χ1v) is 29.3. The van der Waals surface area contributed by atoms with Crippen molar-refractivity contribution in [1.29, 1.82) is 0 Å². The van der Waals surface area contributed by atoms with E-state index in [9.17, 15) is 103 Å². The number of amides is 9. The van der Waals surface area contributed by atoms with Crippen molar-refractivity contribution in [2.24, 2.45) is 17.6 Å². The summed E-state index contributed by atoms with van der Waals surface area (Å²) in [6.45, 7) is 6.69. The maximum atomic E-state index is 14.7. The van der Waals surface area contributed by atoms with Gasteiger partial charge in [0.2, 0.25) is 53.2 Å². The zero-order valence-corrected chi connectivity index (χ0v) is 50.8. The van der Waals surface area contributed by atoms with Crippen molar-refractivity contribution >= 4 is 89.3 Å². The van der Waals surface area contributed by atoms with E-state index in [2.05, 4.69) is 42.5 Å². The molecule has 1 fully saturated rings. The van der Waals surface area contributed by atoms with Crippen molar-refractivity contribution < 1.29 is 108 Å². The summed E-state index contributed by atoms with van der Waals surface area (Å²) in [7, 11) is 0. The number of likely N-dealkylation sites (tertiary alicyclic amines) is 1. The van der Waals surface area contributed by atoms with E-state index in [0.717, 1.165) is 4.90 Å². The summed E-state index contributed by atoms with van der Waals surface area (Å²) in [6.07, 6.45) is -5.67. The minimum absolute atomic E-state index is 0. The van der Waals surface area contributed by atoms with Crippen LogP contribution < -0.4 is 48.3 Å². The van der Waals surface area contributed by atoms with Crippen LogP contribution in [0.2, 0.25) is 0 Å². The van der Waals surface area contributed by atoms with Gasteiger partial charge in [0, 0.05) is 45.1 Å². The van der Waals surface area contributed by atoms with Crippen LogP contribution in [0.4, 0.5) is 0 Å². The Morgan fingerprint density at radius 3 is 1.35 bits per heavy atom. The second-order valence-corrected chi connectivity index (χ2v) is 22.3. The Bertz CT molecular complexity index is 2880. The molecule has 32 nitrogen and oxygen atoms in total. The first kappa shape index (κ1) is 77.5. The fraction of sp³-hybridized carbons (Fsp3) is 0.542. The van der Waals surface area contributed by atoms with E-state index >= 15 is 0 Å². The molecule has 2 aromatic carbocycles. The highest BCUT2D eigenvalue weighted by atomic mass is 16.4. The molecular formula is C59H84N10O22. The highest BCUT2D eigenvalue weighted by Gasteiger charge is 2.42. The average molecular weight is 1290 g/mol. The van der Waals surface area contributed by atoms with Gasteiger partial charge in [0.1, 0.15) is 60.4 Å². The molecule has 3 rings (SSSR count). The lowest BCUT2D eigenvalue weighted by molar-refractivity contribution is -0.144. The Hall–Kier alpha value is -9.59. The van der Waals surface area contributed by atoms with Gasteiger partial charge >= 0.3 is 29.8 Å². The third kappa shape index (κ3) is 27.4. The number of carboxylic acid groups (broad SMARTS) is 5. The molecular weight excluding hydrogens is 1200 g/mol. The first-order chi connectivity index (χ1) is 42.4. The van der Waals surface area contributed by atoms with Gasteiger partial charge in [0.05, 0.1) is 18.5 Å². The third-order valence-corrected chi connectivity index (χ3v) is 14.6. The summed E-state index contributed by atoms with van der Waals surface area (Å²) < 4.78 is 0. The number of phenols is 1. The number of rotatable bonds is 40. The summed E-state index contributed by atoms with van der Waals surface area (Å²) in [4.78, 5) is 198. The largest absolute Gasteiger partial charge is 0.508 e. The molecule has 32 heteroatoms. The normalized spacial score (nSPS) is 15.9. The van der Waals surface area contributed by atoms with Crippen LogP contribution in [0.25, 0.3) is 0 Å². The Balaban J connectivity index is 0.0000282. The molecule has 11 atom stereocenters. The Morgan fingerprint density at radius 2 is 0.934 bits per heavy atom. The van der Waals surface area contributed by atoms with Gasteiger partial charge in [-0.15, -0.1) is 0 Å². The van der Waals surface area contributed by atoms with Gasteiger partial charge in [-0.3, -0.25) is 67.1 Å². The third-order valence-electron chi connectivity index (χ3n) is 14.6. The van der Waals surface area contributed by atoms with Crippen LogP contribution in [-0.4, -0.2) is 197 Å². The molecule has 1 saturated heterocycles. The number of aromatic hydroxyl groups is 1. The van der Waals surface area contributed by atoms with Crippen molar-refractivity contribution in [2.75, 3.05) is 6.54 Å². The van der Waals surface area contributed by atoms with Crippen LogP contribution in [-0.2, 0) is 84.8 Å². The zero-order chi connectivity index (χ0) is 67.4. The molecule has 0 unspecified atom stereocenters. The molecule has 0 bridgehead atoms. The summed E-state index contributed by atoms with van der Waals surface area (Å²) in [5.74, 6) is -17.5. The van der Waals surface area contributed by atoms with Gasteiger partial charge in [-0.05, 0) is 80.0 Å². The summed E-state index contributed by atoms with van der Waals surface area (Å²) in [5.41, 5.74) is 6.65.